The summed E-state index contributed by atoms with van der Waals surface area (Å²) in [5.74, 6) is 5.96. The number of nitrogens with one attached hydrogen (secondary N) is 2. The van der Waals surface area contributed by atoms with E-state index in [1.807, 2.05) is 6.92 Å². The maximum absolute atomic E-state index is 11.5. The molecule has 3 heteroatoms. The Labute approximate surface area is 85.6 Å². The summed E-state index contributed by atoms with van der Waals surface area (Å²) in [7, 11) is 0. The molecule has 1 rings (SSSR count). The zero-order valence-corrected chi connectivity index (χ0v) is 8.73. The maximum Gasteiger partial charge on any atom is 0.237 e. The summed E-state index contributed by atoms with van der Waals surface area (Å²) in [5.41, 5.74) is 0. The Morgan fingerprint density at radius 1 is 1.57 bits per heavy atom. The quantitative estimate of drug-likeness (QED) is 0.512. The van der Waals surface area contributed by atoms with Gasteiger partial charge in [0, 0.05) is 19.5 Å². The first-order valence-electron chi connectivity index (χ1n) is 5.25. The van der Waals surface area contributed by atoms with Gasteiger partial charge in [0.15, 0.2) is 0 Å². The van der Waals surface area contributed by atoms with Crippen molar-refractivity contribution in [3.05, 3.63) is 0 Å². The van der Waals surface area contributed by atoms with Crippen LogP contribution in [0.5, 0.6) is 0 Å². The minimum absolute atomic E-state index is 0.00356. The molecule has 0 aromatic carbocycles. The Morgan fingerprint density at radius 3 is 3.21 bits per heavy atom. The monoisotopic (exact) mass is 194 g/mol. The first kappa shape index (κ1) is 11.1. The molecule has 0 saturated carbocycles. The summed E-state index contributed by atoms with van der Waals surface area (Å²) in [6.45, 7) is 3.46. The molecule has 1 amide bonds. The molecule has 14 heavy (non-hydrogen) atoms. The Kier molecular flexibility index (Phi) is 5.09. The molecule has 1 aliphatic heterocycles. The largest absolute Gasteiger partial charge is 0.355 e. The van der Waals surface area contributed by atoms with Crippen molar-refractivity contribution in [2.45, 2.75) is 38.6 Å². The molecule has 0 aliphatic carbocycles. The third kappa shape index (κ3) is 3.80. The molecule has 2 N–H and O–H groups in total. The zero-order chi connectivity index (χ0) is 10.2. The van der Waals surface area contributed by atoms with Gasteiger partial charge in [0.2, 0.25) is 5.91 Å². The Hall–Kier alpha value is -1.01. The van der Waals surface area contributed by atoms with Gasteiger partial charge in [-0.1, -0.05) is 0 Å². The topological polar surface area (TPSA) is 41.1 Å². The van der Waals surface area contributed by atoms with Gasteiger partial charge in [-0.3, -0.25) is 4.79 Å². The standard InChI is InChI=1S/C11H18N2O/c1-2-3-5-8-12-10-7-4-6-9-13-11(10)14/h10,12H,4-9H2,1H3,(H,13,14). The Bertz CT molecular complexity index is 239. The molecule has 1 unspecified atom stereocenters. The number of hydrogen-bond donors (Lipinski definition) is 2. The van der Waals surface area contributed by atoms with Crippen LogP contribution in [0.25, 0.3) is 0 Å². The maximum atomic E-state index is 11.5. The van der Waals surface area contributed by atoms with Crippen molar-refractivity contribution in [3.8, 4) is 11.8 Å². The molecule has 1 heterocycles. The number of rotatable bonds is 3. The van der Waals surface area contributed by atoms with Crippen LogP contribution in [0.15, 0.2) is 0 Å². The lowest BCUT2D eigenvalue weighted by molar-refractivity contribution is -0.122. The molecule has 0 aromatic heterocycles. The fourth-order valence-corrected chi connectivity index (χ4v) is 1.57. The van der Waals surface area contributed by atoms with Gasteiger partial charge in [0.05, 0.1) is 6.04 Å². The molecular formula is C11H18N2O. The van der Waals surface area contributed by atoms with Gasteiger partial charge in [-0.05, 0) is 26.2 Å². The van der Waals surface area contributed by atoms with Crippen molar-refractivity contribution in [2.75, 3.05) is 13.1 Å². The summed E-state index contributed by atoms with van der Waals surface area (Å²) in [4.78, 5) is 11.5. The van der Waals surface area contributed by atoms with Crippen LogP contribution in [0.1, 0.15) is 32.6 Å². The van der Waals surface area contributed by atoms with Crippen LogP contribution in [-0.2, 0) is 4.79 Å². The van der Waals surface area contributed by atoms with Gasteiger partial charge in [-0.2, -0.15) is 0 Å². The minimum atomic E-state index is -0.00356. The van der Waals surface area contributed by atoms with Crippen LogP contribution in [0.3, 0.4) is 0 Å². The van der Waals surface area contributed by atoms with Crippen molar-refractivity contribution >= 4 is 5.91 Å². The number of carbonyl (C=O) groups excluding carboxylic acids is 1. The molecule has 0 spiro atoms. The molecular weight excluding hydrogens is 176 g/mol. The van der Waals surface area contributed by atoms with E-state index >= 15 is 0 Å². The highest BCUT2D eigenvalue weighted by molar-refractivity contribution is 5.81. The number of carbonyl (C=O) groups is 1. The third-order valence-corrected chi connectivity index (χ3v) is 2.35. The number of hydrogen-bond acceptors (Lipinski definition) is 2. The van der Waals surface area contributed by atoms with E-state index in [0.717, 1.165) is 38.8 Å². The summed E-state index contributed by atoms with van der Waals surface area (Å²) in [6.07, 6.45) is 3.99. The molecule has 0 bridgehead atoms. The van der Waals surface area contributed by atoms with E-state index in [0.29, 0.717) is 0 Å². The van der Waals surface area contributed by atoms with E-state index in [1.165, 1.54) is 0 Å². The van der Waals surface area contributed by atoms with Crippen molar-refractivity contribution in [1.82, 2.24) is 10.6 Å². The predicted octanol–water partition coefficient (Wildman–Crippen LogP) is 0.658. The highest BCUT2D eigenvalue weighted by atomic mass is 16.2. The van der Waals surface area contributed by atoms with Crippen LogP contribution >= 0.6 is 0 Å². The van der Waals surface area contributed by atoms with E-state index in [9.17, 15) is 4.79 Å². The van der Waals surface area contributed by atoms with Crippen molar-refractivity contribution in [3.63, 3.8) is 0 Å². The van der Waals surface area contributed by atoms with Gasteiger partial charge in [-0.25, -0.2) is 0 Å². The van der Waals surface area contributed by atoms with E-state index < -0.39 is 0 Å². The molecule has 3 nitrogen and oxygen atoms in total. The second-order valence-corrected chi connectivity index (χ2v) is 3.47. The van der Waals surface area contributed by atoms with Crippen LogP contribution < -0.4 is 10.6 Å². The van der Waals surface area contributed by atoms with E-state index in [1.54, 1.807) is 0 Å². The summed E-state index contributed by atoms with van der Waals surface area (Å²) in [5, 5.41) is 6.13. The number of amides is 1. The molecule has 0 radical (unpaired) electrons. The summed E-state index contributed by atoms with van der Waals surface area (Å²) < 4.78 is 0. The zero-order valence-electron chi connectivity index (χ0n) is 8.73. The SMILES string of the molecule is CC#CCCNC1CCCCNC1=O. The third-order valence-electron chi connectivity index (χ3n) is 2.35. The van der Waals surface area contributed by atoms with Crippen LogP contribution in [-0.4, -0.2) is 25.0 Å². The average molecular weight is 194 g/mol. The van der Waals surface area contributed by atoms with Crippen LogP contribution in [0, 0.1) is 11.8 Å². The highest BCUT2D eigenvalue weighted by Gasteiger charge is 2.18. The highest BCUT2D eigenvalue weighted by Crippen LogP contribution is 2.04. The van der Waals surface area contributed by atoms with Crippen molar-refractivity contribution in [1.29, 1.82) is 0 Å². The van der Waals surface area contributed by atoms with E-state index in [-0.39, 0.29) is 11.9 Å². The molecule has 1 saturated heterocycles. The molecule has 0 aromatic rings. The van der Waals surface area contributed by atoms with Gasteiger partial charge < -0.3 is 10.6 Å². The molecule has 78 valence electrons. The fourth-order valence-electron chi connectivity index (χ4n) is 1.57. The lowest BCUT2D eigenvalue weighted by Crippen LogP contribution is -2.43. The van der Waals surface area contributed by atoms with Gasteiger partial charge in [-0.15, -0.1) is 11.8 Å². The van der Waals surface area contributed by atoms with Crippen molar-refractivity contribution in [2.24, 2.45) is 0 Å². The van der Waals surface area contributed by atoms with Gasteiger partial charge in [0.25, 0.3) is 0 Å². The first-order valence-corrected chi connectivity index (χ1v) is 5.25. The minimum Gasteiger partial charge on any atom is -0.355 e. The summed E-state index contributed by atoms with van der Waals surface area (Å²) >= 11 is 0. The van der Waals surface area contributed by atoms with Crippen LogP contribution in [0.4, 0.5) is 0 Å². The lowest BCUT2D eigenvalue weighted by Gasteiger charge is -2.13. The van der Waals surface area contributed by atoms with E-state index in [2.05, 4.69) is 22.5 Å². The molecule has 1 atom stereocenters. The summed E-state index contributed by atoms with van der Waals surface area (Å²) in [6, 6.07) is -0.00356. The second-order valence-electron chi connectivity index (χ2n) is 3.47. The lowest BCUT2D eigenvalue weighted by atomic mass is 10.1. The van der Waals surface area contributed by atoms with Crippen LogP contribution in [0.2, 0.25) is 0 Å². The molecule has 1 fully saturated rings. The fraction of sp³-hybridized carbons (Fsp3) is 0.727. The van der Waals surface area contributed by atoms with Gasteiger partial charge >= 0.3 is 0 Å². The van der Waals surface area contributed by atoms with Gasteiger partial charge in [0.1, 0.15) is 0 Å². The Balaban J connectivity index is 2.25. The smallest absolute Gasteiger partial charge is 0.237 e. The predicted molar refractivity (Wildman–Crippen MR) is 56.7 cm³/mol. The van der Waals surface area contributed by atoms with E-state index in [4.69, 9.17) is 0 Å². The second kappa shape index (κ2) is 6.44. The normalized spacial score (nSPS) is 21.8. The average Bonchev–Trinajstić information content (AvgIpc) is 2.39. The molecule has 1 aliphatic rings. The first-order chi connectivity index (χ1) is 6.84. The van der Waals surface area contributed by atoms with Crippen molar-refractivity contribution < 1.29 is 4.79 Å². The Morgan fingerprint density at radius 2 is 2.43 bits per heavy atom.